The van der Waals surface area contributed by atoms with Crippen molar-refractivity contribution in [3.63, 3.8) is 0 Å². The maximum Gasteiger partial charge on any atom is 0.254 e. The van der Waals surface area contributed by atoms with Gasteiger partial charge in [-0.25, -0.2) is 0 Å². The molecule has 0 aliphatic carbocycles. The first-order valence-electron chi connectivity index (χ1n) is 4.75. The minimum Gasteiger partial charge on any atom is -0.360 e. The molecule has 1 rings (SSSR count). The van der Waals surface area contributed by atoms with Crippen LogP contribution < -0.4 is 0 Å². The molecule has 2 amide bonds. The van der Waals surface area contributed by atoms with E-state index in [0.717, 1.165) is 17.1 Å². The van der Waals surface area contributed by atoms with E-state index in [9.17, 15) is 19.8 Å². The molecule has 0 spiro atoms. The Balaban J connectivity index is 3.00. The van der Waals surface area contributed by atoms with E-state index in [1.54, 1.807) is 0 Å². The lowest BCUT2D eigenvalue weighted by Gasteiger charge is -2.37. The summed E-state index contributed by atoms with van der Waals surface area (Å²) in [5.74, 6) is -1.03. The largest absolute Gasteiger partial charge is 0.360 e. The smallest absolute Gasteiger partial charge is 0.254 e. The average molecular weight is 212 g/mol. The molecule has 0 saturated heterocycles. The van der Waals surface area contributed by atoms with Gasteiger partial charge >= 0.3 is 0 Å². The molecule has 2 N–H and O–H groups in total. The Morgan fingerprint density at radius 1 is 1.33 bits per heavy atom. The fraction of sp³-hybridized carbons (Fsp3) is 0.500. The average Bonchev–Trinajstić information content (AvgIpc) is 2.46. The molecule has 0 fully saturated rings. The molecule has 1 heterocycles. The van der Waals surface area contributed by atoms with Crippen molar-refractivity contribution in [1.29, 1.82) is 0 Å². The van der Waals surface area contributed by atoms with Crippen LogP contribution in [0, 0.1) is 6.29 Å². The van der Waals surface area contributed by atoms with Crippen LogP contribution in [-0.2, 0) is 9.59 Å². The second-order valence-electron chi connectivity index (χ2n) is 3.69. The summed E-state index contributed by atoms with van der Waals surface area (Å²) in [4.78, 5) is 23.7. The van der Waals surface area contributed by atoms with Gasteiger partial charge in [-0.05, 0) is 13.3 Å². The van der Waals surface area contributed by atoms with E-state index >= 15 is 0 Å². The molecule has 0 saturated carbocycles. The van der Waals surface area contributed by atoms with E-state index in [1.165, 1.54) is 6.92 Å². The van der Waals surface area contributed by atoms with Crippen molar-refractivity contribution >= 4 is 11.8 Å². The van der Waals surface area contributed by atoms with Crippen molar-refractivity contribution in [3.05, 3.63) is 18.4 Å². The van der Waals surface area contributed by atoms with Crippen molar-refractivity contribution in [1.82, 2.24) is 4.90 Å². The van der Waals surface area contributed by atoms with Crippen LogP contribution in [0.25, 0.3) is 0 Å². The fourth-order valence-corrected chi connectivity index (χ4v) is 1.70. The number of carbonyl (C=O) groups is 2. The Morgan fingerprint density at radius 3 is 2.13 bits per heavy atom. The number of amides is 2. The predicted molar refractivity (Wildman–Crippen MR) is 51.4 cm³/mol. The Kier molecular flexibility index (Phi) is 3.26. The highest BCUT2D eigenvalue weighted by Gasteiger charge is 2.45. The van der Waals surface area contributed by atoms with E-state index in [2.05, 4.69) is 0 Å². The number of aliphatic hydroxyl groups excluding tert-OH is 1. The van der Waals surface area contributed by atoms with Crippen LogP contribution in [0.5, 0.6) is 0 Å². The van der Waals surface area contributed by atoms with Gasteiger partial charge in [-0.15, -0.1) is 0 Å². The van der Waals surface area contributed by atoms with Crippen LogP contribution in [0.2, 0.25) is 0 Å². The van der Waals surface area contributed by atoms with Gasteiger partial charge in [0.25, 0.3) is 11.8 Å². The lowest BCUT2D eigenvalue weighted by atomic mass is 9.93. The summed E-state index contributed by atoms with van der Waals surface area (Å²) in [6, 6.07) is 0. The van der Waals surface area contributed by atoms with Gasteiger partial charge in [0, 0.05) is 12.2 Å². The molecule has 1 aliphatic heterocycles. The minimum absolute atomic E-state index is 0.314. The maximum atomic E-state index is 11.4. The lowest BCUT2D eigenvalue weighted by molar-refractivity contribution is -0.151. The van der Waals surface area contributed by atoms with E-state index in [0.29, 0.717) is 12.8 Å². The molecule has 5 nitrogen and oxygen atoms in total. The summed E-state index contributed by atoms with van der Waals surface area (Å²) < 4.78 is 0. The third-order valence-corrected chi connectivity index (χ3v) is 2.52. The molecule has 5 heteroatoms. The molecule has 83 valence electrons. The second-order valence-corrected chi connectivity index (χ2v) is 3.69. The fourth-order valence-electron chi connectivity index (χ4n) is 1.70. The third kappa shape index (κ3) is 1.93. The zero-order chi connectivity index (χ0) is 11.6. The zero-order valence-electron chi connectivity index (χ0n) is 8.73. The highest BCUT2D eigenvalue weighted by molar-refractivity contribution is 6.13. The monoisotopic (exact) mass is 212 g/mol. The number of nitrogens with zero attached hydrogens (tertiary/aromatic N) is 1. The number of carbonyl (C=O) groups excluding carboxylic acids is 2. The first-order valence-corrected chi connectivity index (χ1v) is 4.75. The Hall–Kier alpha value is -1.20. The first-order chi connectivity index (χ1) is 6.93. The van der Waals surface area contributed by atoms with Gasteiger partial charge in [-0.2, -0.15) is 0 Å². The van der Waals surface area contributed by atoms with E-state index in [4.69, 9.17) is 0 Å². The van der Waals surface area contributed by atoms with Crippen molar-refractivity contribution in [2.75, 3.05) is 0 Å². The summed E-state index contributed by atoms with van der Waals surface area (Å²) in [6.45, 7) is 3.29. The molecular formula is C10H14NO4. The van der Waals surface area contributed by atoms with Crippen LogP contribution in [-0.4, -0.2) is 32.5 Å². The van der Waals surface area contributed by atoms with E-state index in [1.807, 2.05) is 6.92 Å². The summed E-state index contributed by atoms with van der Waals surface area (Å²) in [6.07, 6.45) is 2.28. The van der Waals surface area contributed by atoms with Crippen LogP contribution in [0.1, 0.15) is 26.7 Å². The highest BCUT2D eigenvalue weighted by atomic mass is 16.5. The molecule has 15 heavy (non-hydrogen) atoms. The molecule has 0 bridgehead atoms. The molecule has 1 unspecified atom stereocenters. The molecule has 0 aromatic heterocycles. The van der Waals surface area contributed by atoms with E-state index in [-0.39, 0.29) is 0 Å². The van der Waals surface area contributed by atoms with Crippen LogP contribution in [0.15, 0.2) is 12.2 Å². The number of rotatable bonds is 4. The first kappa shape index (κ1) is 11.9. The van der Waals surface area contributed by atoms with Crippen molar-refractivity contribution in [2.45, 2.75) is 32.2 Å². The number of aliphatic hydroxyl groups is 2. The summed E-state index contributed by atoms with van der Waals surface area (Å²) in [7, 11) is 0. The van der Waals surface area contributed by atoms with Gasteiger partial charge in [-0.3, -0.25) is 14.5 Å². The van der Waals surface area contributed by atoms with Gasteiger partial charge in [0.05, 0.1) is 0 Å². The summed E-state index contributed by atoms with van der Waals surface area (Å²) in [5, 5.41) is 18.4. The Labute approximate surface area is 88.0 Å². The predicted octanol–water partition coefficient (Wildman–Crippen LogP) is 0.705. The normalized spacial score (nSPS) is 20.2. The van der Waals surface area contributed by atoms with Crippen molar-refractivity contribution in [3.8, 4) is 0 Å². The summed E-state index contributed by atoms with van der Waals surface area (Å²) in [5.41, 5.74) is -1.33. The topological polar surface area (TPSA) is 77.8 Å². The van der Waals surface area contributed by atoms with Gasteiger partial charge in [0.15, 0.2) is 0 Å². The molecule has 0 aromatic rings. The number of hydrogen-bond donors (Lipinski definition) is 2. The van der Waals surface area contributed by atoms with Gasteiger partial charge < -0.3 is 10.2 Å². The molecule has 1 radical (unpaired) electrons. The summed E-state index contributed by atoms with van der Waals surface area (Å²) >= 11 is 0. The maximum absolute atomic E-state index is 11.4. The quantitative estimate of drug-likeness (QED) is 0.672. The van der Waals surface area contributed by atoms with Gasteiger partial charge in [0.2, 0.25) is 6.29 Å². The minimum atomic E-state index is -1.33. The Bertz CT molecular complexity index is 293. The molecule has 1 aliphatic rings. The van der Waals surface area contributed by atoms with Crippen molar-refractivity contribution in [2.24, 2.45) is 0 Å². The molecule has 0 aromatic carbocycles. The Morgan fingerprint density at radius 2 is 1.80 bits per heavy atom. The van der Waals surface area contributed by atoms with Gasteiger partial charge in [0.1, 0.15) is 5.54 Å². The van der Waals surface area contributed by atoms with Crippen LogP contribution >= 0.6 is 0 Å². The SMILES string of the molecule is CCCC(C)([C](O)O)N1C(=O)C=CC1=O. The van der Waals surface area contributed by atoms with Gasteiger partial charge in [-0.1, -0.05) is 13.3 Å². The highest BCUT2D eigenvalue weighted by Crippen LogP contribution is 2.30. The van der Waals surface area contributed by atoms with Crippen LogP contribution in [0.3, 0.4) is 0 Å². The number of imide groups is 1. The van der Waals surface area contributed by atoms with E-state index < -0.39 is 23.6 Å². The van der Waals surface area contributed by atoms with Crippen LogP contribution in [0.4, 0.5) is 0 Å². The number of hydrogen-bond acceptors (Lipinski definition) is 4. The third-order valence-electron chi connectivity index (χ3n) is 2.52. The second kappa shape index (κ2) is 4.12. The molecule has 1 atom stereocenters. The zero-order valence-corrected chi connectivity index (χ0v) is 8.73. The lowest BCUT2D eigenvalue weighted by Crippen LogP contribution is -2.53. The standard InChI is InChI=1S/C10H14NO4/c1-3-6-10(2,9(14)15)11-7(12)4-5-8(11)13/h4-5,14-15H,3,6H2,1-2H3. The van der Waals surface area contributed by atoms with Crippen molar-refractivity contribution < 1.29 is 19.8 Å². The molecular weight excluding hydrogens is 198 g/mol.